The number of H-pyrrole nitrogens is 1. The van der Waals surface area contributed by atoms with Gasteiger partial charge in [-0.1, -0.05) is 13.8 Å². The minimum Gasteiger partial charge on any atom is -0.479 e. The van der Waals surface area contributed by atoms with E-state index in [9.17, 15) is 9.90 Å². The SMILES string of the molecule is CCC(CC)(C(=O)O)n1nnnc1-c1cn[nH]n1. The molecule has 9 nitrogen and oxygen atoms in total. The number of nitrogens with one attached hydrogen (secondary N) is 1. The monoisotopic (exact) mass is 251 g/mol. The van der Waals surface area contributed by atoms with Crippen molar-refractivity contribution in [2.24, 2.45) is 0 Å². The minimum absolute atomic E-state index is 0.287. The summed E-state index contributed by atoms with van der Waals surface area (Å²) in [6.45, 7) is 3.57. The van der Waals surface area contributed by atoms with E-state index in [1.807, 2.05) is 0 Å². The quantitative estimate of drug-likeness (QED) is 0.770. The van der Waals surface area contributed by atoms with Crippen LogP contribution in [0.3, 0.4) is 0 Å². The van der Waals surface area contributed by atoms with Crippen molar-refractivity contribution >= 4 is 5.97 Å². The molecule has 2 N–H and O–H groups in total. The van der Waals surface area contributed by atoms with Crippen LogP contribution < -0.4 is 0 Å². The Kier molecular flexibility index (Phi) is 3.04. The van der Waals surface area contributed by atoms with E-state index in [0.29, 0.717) is 18.5 Å². The number of hydrogen-bond acceptors (Lipinski definition) is 6. The highest BCUT2D eigenvalue weighted by Crippen LogP contribution is 2.28. The van der Waals surface area contributed by atoms with Gasteiger partial charge < -0.3 is 5.11 Å². The third-order valence-electron chi connectivity index (χ3n) is 3.09. The number of tetrazole rings is 1. The minimum atomic E-state index is -1.17. The predicted octanol–water partition coefficient (Wildman–Crippen LogP) is 0.0581. The highest BCUT2D eigenvalue weighted by atomic mass is 16.4. The average molecular weight is 251 g/mol. The van der Waals surface area contributed by atoms with Crippen LogP contribution in [-0.2, 0) is 10.3 Å². The normalized spacial score (nSPS) is 11.7. The van der Waals surface area contributed by atoms with Crippen LogP contribution in [0.5, 0.6) is 0 Å². The number of carboxylic acids is 1. The van der Waals surface area contributed by atoms with Gasteiger partial charge in [-0.05, 0) is 23.3 Å². The summed E-state index contributed by atoms with van der Waals surface area (Å²) in [5.74, 6) is -0.681. The maximum atomic E-state index is 11.5. The van der Waals surface area contributed by atoms with Crippen LogP contribution in [0.25, 0.3) is 11.5 Å². The first kappa shape index (κ1) is 12.1. The second-order valence-electron chi connectivity index (χ2n) is 3.81. The molecule has 0 saturated heterocycles. The number of aromatic nitrogens is 7. The Balaban J connectivity index is 2.57. The van der Waals surface area contributed by atoms with Gasteiger partial charge in [0.1, 0.15) is 0 Å². The smallest absolute Gasteiger partial charge is 0.331 e. The summed E-state index contributed by atoms with van der Waals surface area (Å²) in [4.78, 5) is 11.5. The zero-order valence-corrected chi connectivity index (χ0v) is 10.0. The first-order valence-electron chi connectivity index (χ1n) is 5.54. The van der Waals surface area contributed by atoms with E-state index in [-0.39, 0.29) is 5.82 Å². The molecule has 0 aromatic carbocycles. The summed E-state index contributed by atoms with van der Waals surface area (Å²) < 4.78 is 1.30. The first-order chi connectivity index (χ1) is 8.65. The van der Waals surface area contributed by atoms with E-state index < -0.39 is 11.5 Å². The molecular formula is C9H13N7O2. The lowest BCUT2D eigenvalue weighted by Crippen LogP contribution is -2.42. The summed E-state index contributed by atoms with van der Waals surface area (Å²) in [6.07, 6.45) is 2.18. The zero-order valence-electron chi connectivity index (χ0n) is 10.0. The molecule has 0 aliphatic carbocycles. The lowest BCUT2D eigenvalue weighted by molar-refractivity contribution is -0.148. The van der Waals surface area contributed by atoms with E-state index in [1.54, 1.807) is 13.8 Å². The molecule has 0 saturated carbocycles. The molecule has 2 aromatic heterocycles. The molecule has 2 heterocycles. The van der Waals surface area contributed by atoms with Crippen LogP contribution in [0.15, 0.2) is 6.20 Å². The van der Waals surface area contributed by atoms with Crippen LogP contribution in [0, 0.1) is 0 Å². The molecular weight excluding hydrogens is 238 g/mol. The Hall–Kier alpha value is -2.32. The van der Waals surface area contributed by atoms with Crippen molar-refractivity contribution in [1.82, 2.24) is 35.6 Å². The van der Waals surface area contributed by atoms with Crippen molar-refractivity contribution in [3.63, 3.8) is 0 Å². The van der Waals surface area contributed by atoms with Crippen LogP contribution in [0.1, 0.15) is 26.7 Å². The summed E-state index contributed by atoms with van der Waals surface area (Å²) in [6, 6.07) is 0. The lowest BCUT2D eigenvalue weighted by Gasteiger charge is -2.26. The number of nitrogens with zero attached hydrogens (tertiary/aromatic N) is 6. The van der Waals surface area contributed by atoms with Crippen molar-refractivity contribution < 1.29 is 9.90 Å². The van der Waals surface area contributed by atoms with Gasteiger partial charge in [0.05, 0.1) is 6.20 Å². The highest BCUT2D eigenvalue weighted by molar-refractivity contribution is 5.77. The summed E-state index contributed by atoms with van der Waals surface area (Å²) >= 11 is 0. The number of aliphatic carboxylic acids is 1. The van der Waals surface area contributed by atoms with E-state index in [2.05, 4.69) is 30.9 Å². The largest absolute Gasteiger partial charge is 0.479 e. The van der Waals surface area contributed by atoms with Crippen LogP contribution in [0.2, 0.25) is 0 Å². The molecule has 0 aliphatic rings. The molecule has 0 bridgehead atoms. The van der Waals surface area contributed by atoms with Gasteiger partial charge in [0.25, 0.3) is 0 Å². The van der Waals surface area contributed by atoms with E-state index in [0.717, 1.165) is 0 Å². The van der Waals surface area contributed by atoms with Gasteiger partial charge in [0.15, 0.2) is 11.2 Å². The van der Waals surface area contributed by atoms with Gasteiger partial charge >= 0.3 is 5.97 Å². The standard InChI is InChI=1S/C9H13N7O2/c1-3-9(4-2,8(17)18)16-7(12-14-15-16)6-5-10-13-11-6/h5H,3-4H2,1-2H3,(H,17,18)(H,10,11,13). The number of carboxylic acid groups (broad SMARTS) is 1. The highest BCUT2D eigenvalue weighted by Gasteiger charge is 2.40. The Morgan fingerprint density at radius 2 is 2.22 bits per heavy atom. The van der Waals surface area contributed by atoms with Crippen molar-refractivity contribution in [3.05, 3.63) is 6.20 Å². The summed E-state index contributed by atoms with van der Waals surface area (Å²) in [7, 11) is 0. The van der Waals surface area contributed by atoms with Crippen molar-refractivity contribution in [2.75, 3.05) is 0 Å². The Morgan fingerprint density at radius 1 is 1.50 bits per heavy atom. The first-order valence-corrected chi connectivity index (χ1v) is 5.54. The van der Waals surface area contributed by atoms with Crippen LogP contribution >= 0.6 is 0 Å². The van der Waals surface area contributed by atoms with Gasteiger partial charge in [0.2, 0.25) is 5.82 Å². The third-order valence-corrected chi connectivity index (χ3v) is 3.09. The van der Waals surface area contributed by atoms with E-state index in [4.69, 9.17) is 0 Å². The topological polar surface area (TPSA) is 122 Å². The van der Waals surface area contributed by atoms with Gasteiger partial charge in [-0.3, -0.25) is 0 Å². The molecule has 2 rings (SSSR count). The fourth-order valence-corrected chi connectivity index (χ4v) is 1.89. The second kappa shape index (κ2) is 4.51. The van der Waals surface area contributed by atoms with Crippen molar-refractivity contribution in [1.29, 1.82) is 0 Å². The van der Waals surface area contributed by atoms with Gasteiger partial charge in [-0.2, -0.15) is 15.4 Å². The summed E-state index contributed by atoms with van der Waals surface area (Å²) in [5.41, 5.74) is -0.759. The van der Waals surface area contributed by atoms with Crippen LogP contribution in [-0.4, -0.2) is 46.7 Å². The van der Waals surface area contributed by atoms with Crippen molar-refractivity contribution in [3.8, 4) is 11.5 Å². The Labute approximate surface area is 102 Å². The molecule has 9 heteroatoms. The molecule has 0 fully saturated rings. The molecule has 18 heavy (non-hydrogen) atoms. The molecule has 0 unspecified atom stereocenters. The Morgan fingerprint density at radius 3 is 2.72 bits per heavy atom. The molecule has 0 radical (unpaired) electrons. The predicted molar refractivity (Wildman–Crippen MR) is 59.4 cm³/mol. The third kappa shape index (κ3) is 1.63. The van der Waals surface area contributed by atoms with Gasteiger partial charge in [0, 0.05) is 0 Å². The van der Waals surface area contributed by atoms with Gasteiger partial charge in [-0.15, -0.1) is 5.10 Å². The van der Waals surface area contributed by atoms with E-state index in [1.165, 1.54) is 10.9 Å². The molecule has 2 aromatic rings. The maximum Gasteiger partial charge on any atom is 0.331 e. The summed E-state index contributed by atoms with van der Waals surface area (Å²) in [5, 5.41) is 30.6. The Bertz CT molecular complexity index is 529. The molecule has 0 aliphatic heterocycles. The van der Waals surface area contributed by atoms with Gasteiger partial charge in [-0.25, -0.2) is 9.48 Å². The second-order valence-corrected chi connectivity index (χ2v) is 3.81. The number of aromatic amines is 1. The fraction of sp³-hybridized carbons (Fsp3) is 0.556. The number of hydrogen-bond donors (Lipinski definition) is 2. The molecule has 96 valence electrons. The average Bonchev–Trinajstić information content (AvgIpc) is 3.01. The lowest BCUT2D eigenvalue weighted by atomic mass is 9.93. The maximum absolute atomic E-state index is 11.5. The zero-order chi connectivity index (χ0) is 13.2. The molecule has 0 spiro atoms. The van der Waals surface area contributed by atoms with Crippen LogP contribution in [0.4, 0.5) is 0 Å². The number of carbonyl (C=O) groups is 1. The number of rotatable bonds is 5. The van der Waals surface area contributed by atoms with Crippen molar-refractivity contribution in [2.45, 2.75) is 32.2 Å². The molecule has 0 amide bonds. The van der Waals surface area contributed by atoms with E-state index >= 15 is 0 Å². The fourth-order valence-electron chi connectivity index (χ4n) is 1.89. The molecule has 0 atom stereocenters.